The van der Waals surface area contributed by atoms with E-state index in [2.05, 4.69) is 11.3 Å². The Bertz CT molecular complexity index is 5630. The van der Waals surface area contributed by atoms with Gasteiger partial charge in [-0.2, -0.15) is 0 Å². The van der Waals surface area contributed by atoms with Crippen molar-refractivity contribution >= 4 is 32.8 Å². The summed E-state index contributed by atoms with van der Waals surface area (Å²) in [5.41, 5.74) is -5.80. The summed E-state index contributed by atoms with van der Waals surface area (Å²) in [7, 11) is 0. The molecule has 346 valence electrons. The van der Waals surface area contributed by atoms with Gasteiger partial charge in [-0.3, -0.25) is 13.7 Å². The lowest BCUT2D eigenvalue weighted by atomic mass is 9.89. The zero-order valence-corrected chi connectivity index (χ0v) is 37.7. The Kier molecular flexibility index (Phi) is 5.68. The van der Waals surface area contributed by atoms with Crippen molar-refractivity contribution in [2.75, 3.05) is 0 Å². The lowest BCUT2D eigenvalue weighted by Crippen LogP contribution is -2.31. The third-order valence-electron chi connectivity index (χ3n) is 12.0. The maximum Gasteiger partial charge on any atom is 0.269 e. The Hall–Kier alpha value is -9.58. The van der Waals surface area contributed by atoms with Crippen molar-refractivity contribution in [2.24, 2.45) is 0 Å². The fourth-order valence-corrected chi connectivity index (χ4v) is 8.90. The average molecular weight is 966 g/mol. The molecule has 3 heterocycles. The van der Waals surface area contributed by atoms with Crippen LogP contribution in [0.4, 0.5) is 0 Å². The van der Waals surface area contributed by atoms with Gasteiger partial charge < -0.3 is 4.74 Å². The molecule has 0 atom stereocenters. The molecule has 0 aliphatic heterocycles. The van der Waals surface area contributed by atoms with Crippen molar-refractivity contribution < 1.29 is 49.1 Å². The molecule has 13 rings (SSSR count). The van der Waals surface area contributed by atoms with Crippen molar-refractivity contribution in [1.29, 1.82) is 0 Å². The molecule has 0 unspecified atom stereocenters. The molecular formula is C68H48N4O. The van der Waals surface area contributed by atoms with Crippen LogP contribution in [-0.2, 0) is 0 Å². The summed E-state index contributed by atoms with van der Waals surface area (Å²) in [5.74, 6) is 0.512. The normalized spacial score (nSPS) is 17.4. The van der Waals surface area contributed by atoms with Crippen LogP contribution in [0.15, 0.2) is 254 Å². The maximum atomic E-state index is 10.2. The highest BCUT2D eigenvalue weighted by Gasteiger charge is 2.22. The highest BCUT2D eigenvalue weighted by Crippen LogP contribution is 2.41. The van der Waals surface area contributed by atoms with E-state index in [-0.39, 0.29) is 50.9 Å². The minimum atomic E-state index is -3.20. The van der Waals surface area contributed by atoms with Crippen LogP contribution in [0, 0.1) is 20.0 Å². The topological polar surface area (TPSA) is 35.9 Å². The first-order chi connectivity index (χ1) is 48.0. The average Bonchev–Trinajstić information content (AvgIpc) is 1.07. The standard InChI is InChI=1S/C68H48N4O/c1-46-36-60(50-24-11-5-12-25-50)68(61(37-46)54-40-52(48-20-7-3-8-21-48)39-53(41-54)49-22-9-4-10-23-49)71-45-70(64-32-17-18-33-65(64)71)55-28-19-29-56(42-55)73-57-34-35-59-58-30-15-16-31-63(58)72(66(59)43-57)67-38-47(2)62(44-69-67)51-26-13-6-14-27-51/h3-44H,1-2H3/i1D3,2D3,3D,4D,5D,6D,7D,8D,9D,10D,11D,12D,13D,14D,20D,21D,22D,23D,24D,25D,26D,27D,39D,40D,41D. The number of benzene rings is 10. The number of pyridine rings is 1. The Labute approximate surface area is 465 Å². The van der Waals surface area contributed by atoms with Crippen LogP contribution in [0.25, 0.3) is 106 Å². The molecule has 0 radical (unpaired) electrons. The summed E-state index contributed by atoms with van der Waals surface area (Å²) in [6.45, 7) is -6.09. The number of fused-ring (bicyclic) bond motifs is 4. The molecule has 13 aromatic rings. The highest BCUT2D eigenvalue weighted by molar-refractivity contribution is 6.09. The van der Waals surface area contributed by atoms with Gasteiger partial charge >= 0.3 is 0 Å². The van der Waals surface area contributed by atoms with Crippen molar-refractivity contribution in [3.8, 4) is 84.3 Å². The summed E-state index contributed by atoms with van der Waals surface area (Å²) in [6.07, 6.45) is 4.43. The van der Waals surface area contributed by atoms with E-state index in [0.717, 1.165) is 23.7 Å². The third-order valence-corrected chi connectivity index (χ3v) is 12.0. The molecular weight excluding hydrogens is 889 g/mol. The summed E-state index contributed by atoms with van der Waals surface area (Å²) >= 11 is 0. The molecule has 0 N–H and O–H groups in total. The fraction of sp³-hybridized carbons (Fsp3) is 0.0294. The zero-order valence-electron chi connectivity index (χ0n) is 66.7. The first-order valence-electron chi connectivity index (χ1n) is 36.9. The van der Waals surface area contributed by atoms with E-state index < -0.39 is 203 Å². The van der Waals surface area contributed by atoms with Crippen LogP contribution < -0.4 is 9.30 Å². The van der Waals surface area contributed by atoms with Crippen molar-refractivity contribution in [3.63, 3.8) is 0 Å². The molecule has 0 aliphatic rings. The SMILES string of the molecule is [2H]c1c([2H])c([2H])c(-c2cnc(-n3c4ccccc4c4ccc(Oc5cccc(-n6[c-][n+](-c7c(-c8c([2H])c([2H])c([2H])c([2H])c8[2H])cc(C([2H])([2H])[2H])cc7-c7c([2H])c(-c8c([2H])c([2H])c([2H])c([2H])c8[2H])c([2H])c(-c8c([2H])c([2H])c([2H])c([2H])c8[2H])c7[2H])c7ccccc76)c5)cc43)cc2C([2H])([2H])[2H])c([2H])c1[2H]. The van der Waals surface area contributed by atoms with Gasteiger partial charge in [0.05, 0.1) is 65.0 Å². The third kappa shape index (κ3) is 8.03. The molecule has 0 saturated carbocycles. The summed E-state index contributed by atoms with van der Waals surface area (Å²) in [6, 6.07) is 8.60. The lowest BCUT2D eigenvalue weighted by Gasteiger charge is -2.20. The largest absolute Gasteiger partial charge is 0.458 e. The number of hydrogen-bond donors (Lipinski definition) is 0. The molecule has 73 heavy (non-hydrogen) atoms. The Balaban J connectivity index is 1.06. The smallest absolute Gasteiger partial charge is 0.269 e. The molecule has 0 bridgehead atoms. The van der Waals surface area contributed by atoms with Gasteiger partial charge in [0.2, 0.25) is 0 Å². The fourth-order valence-electron chi connectivity index (χ4n) is 8.90. The molecule has 0 aliphatic carbocycles. The second-order valence-electron chi connectivity index (χ2n) is 16.4. The summed E-state index contributed by atoms with van der Waals surface area (Å²) in [5, 5.41) is 1.39. The molecule has 10 aromatic carbocycles. The number of aromatic nitrogens is 4. The van der Waals surface area contributed by atoms with E-state index in [9.17, 15) is 6.85 Å². The first kappa shape index (κ1) is 22.7. The van der Waals surface area contributed by atoms with Gasteiger partial charge in [0.15, 0.2) is 0 Å². The van der Waals surface area contributed by atoms with Gasteiger partial charge in [-0.05, 0) is 130 Å². The predicted molar refractivity (Wildman–Crippen MR) is 299 cm³/mol. The molecule has 5 nitrogen and oxygen atoms in total. The number of nitrogens with zero attached hydrogens (tertiary/aromatic N) is 4. The monoisotopic (exact) mass is 966 g/mol. The second kappa shape index (κ2) is 18.3. The van der Waals surface area contributed by atoms with Gasteiger partial charge in [0.1, 0.15) is 17.3 Å². The van der Waals surface area contributed by atoms with Crippen LogP contribution in [0.3, 0.4) is 0 Å². The first-order valence-corrected chi connectivity index (χ1v) is 22.4. The highest BCUT2D eigenvalue weighted by atomic mass is 16.5. The number of rotatable bonds is 10. The van der Waals surface area contributed by atoms with Crippen LogP contribution >= 0.6 is 0 Å². The van der Waals surface area contributed by atoms with E-state index in [0.29, 0.717) is 21.9 Å². The predicted octanol–water partition coefficient (Wildman–Crippen LogP) is 16.9. The zero-order chi connectivity index (χ0) is 73.8. The van der Waals surface area contributed by atoms with E-state index in [1.165, 1.54) is 15.2 Å². The molecule has 5 heteroatoms. The van der Waals surface area contributed by atoms with Crippen LogP contribution in [-0.4, -0.2) is 14.1 Å². The molecule has 0 amide bonds. The Morgan fingerprint density at radius 2 is 1.08 bits per heavy atom. The van der Waals surface area contributed by atoms with Crippen molar-refractivity contribution in [3.05, 3.63) is 272 Å². The lowest BCUT2D eigenvalue weighted by molar-refractivity contribution is -0.571. The number of aryl methyl sites for hydroxylation is 2. The second-order valence-corrected chi connectivity index (χ2v) is 16.4. The summed E-state index contributed by atoms with van der Waals surface area (Å²) < 4.78 is 269. The maximum absolute atomic E-state index is 10.2. The van der Waals surface area contributed by atoms with E-state index in [1.807, 2.05) is 12.1 Å². The van der Waals surface area contributed by atoms with Crippen molar-refractivity contribution in [1.82, 2.24) is 14.1 Å². The Morgan fingerprint density at radius 1 is 0.493 bits per heavy atom. The van der Waals surface area contributed by atoms with E-state index in [1.54, 1.807) is 83.4 Å². The minimum absolute atomic E-state index is 0.0899. The van der Waals surface area contributed by atoms with Gasteiger partial charge in [-0.25, -0.2) is 4.98 Å². The van der Waals surface area contributed by atoms with Gasteiger partial charge in [-0.15, -0.1) is 0 Å². The molecule has 3 aromatic heterocycles. The van der Waals surface area contributed by atoms with Gasteiger partial charge in [0, 0.05) is 36.8 Å². The van der Waals surface area contributed by atoms with Gasteiger partial charge in [0.25, 0.3) is 6.33 Å². The summed E-state index contributed by atoms with van der Waals surface area (Å²) in [4.78, 5) is 4.67. The minimum Gasteiger partial charge on any atom is -0.458 e. The number of ether oxygens (including phenoxy) is 1. The van der Waals surface area contributed by atoms with Crippen molar-refractivity contribution in [2.45, 2.75) is 13.7 Å². The number of imidazole rings is 1. The molecule has 0 fully saturated rings. The van der Waals surface area contributed by atoms with Crippen LogP contribution in [0.1, 0.15) is 50.9 Å². The van der Waals surface area contributed by atoms with Crippen LogP contribution in [0.5, 0.6) is 11.5 Å². The molecule has 0 saturated heterocycles. The molecule has 0 spiro atoms. The van der Waals surface area contributed by atoms with E-state index in [4.69, 9.17) is 37.6 Å². The Morgan fingerprint density at radius 3 is 1.77 bits per heavy atom. The number of para-hydroxylation sites is 3. The van der Waals surface area contributed by atoms with Gasteiger partial charge in [-0.1, -0.05) is 187 Å². The van der Waals surface area contributed by atoms with Crippen LogP contribution in [0.2, 0.25) is 0 Å². The quantitative estimate of drug-likeness (QED) is 0.101. The number of hydrogen-bond acceptors (Lipinski definition) is 2. The van der Waals surface area contributed by atoms with E-state index >= 15 is 0 Å².